The van der Waals surface area contributed by atoms with Gasteiger partial charge in [-0.25, -0.2) is 41.5 Å². The number of hydrogen-bond acceptors (Lipinski definition) is 3. The zero-order chi connectivity index (χ0) is 35.4. The summed E-state index contributed by atoms with van der Waals surface area (Å²) in [7, 11) is 0. The van der Waals surface area contributed by atoms with Crippen LogP contribution in [0.5, 0.6) is 0 Å². The van der Waals surface area contributed by atoms with Gasteiger partial charge in [0, 0.05) is 30.7 Å². The van der Waals surface area contributed by atoms with Crippen molar-refractivity contribution >= 4 is 23.2 Å². The first-order chi connectivity index (χ1) is 24.5. The smallest absolute Gasteiger partial charge is 0.244 e. The summed E-state index contributed by atoms with van der Waals surface area (Å²) >= 11 is 10.1. The number of halogens is 6. The number of allylic oxidation sites excluding steroid dienone is 3. The van der Waals surface area contributed by atoms with Crippen molar-refractivity contribution in [1.82, 2.24) is 27.8 Å². The van der Waals surface area contributed by atoms with Crippen molar-refractivity contribution in [2.45, 2.75) is 71.1 Å². The Balaban J connectivity index is 0.000000762. The Morgan fingerprint density at radius 1 is 0.574 bits per heavy atom. The fraction of sp³-hybridized carbons (Fsp3) is 0.417. The average Bonchev–Trinajstić information content (AvgIpc) is 3.66. The SMILES string of the molecule is C=CCn1cc[n+](CC[n+]2ccn(CC=C)c2)c1.C=CCn1ccnc1.ClCCCl.[Cl-].[Cl-].[Cl-].[Cl-].c1c[n+](CC2CO2)cn1CCn1cc[n+](CC2CO2)c1. The summed E-state index contributed by atoms with van der Waals surface area (Å²) in [5.41, 5.74) is 0. The monoisotopic (exact) mass is 866 g/mol. The van der Waals surface area contributed by atoms with E-state index in [2.05, 4.69) is 136 Å². The molecule has 7 rings (SSSR count). The molecule has 0 amide bonds. The predicted molar refractivity (Wildman–Crippen MR) is 192 cm³/mol. The number of alkyl halides is 2. The summed E-state index contributed by atoms with van der Waals surface area (Å²) in [6.45, 7) is 21.3. The van der Waals surface area contributed by atoms with Crippen molar-refractivity contribution in [2.75, 3.05) is 25.0 Å². The summed E-state index contributed by atoms with van der Waals surface area (Å²) < 4.78 is 29.8. The van der Waals surface area contributed by atoms with E-state index in [1.165, 1.54) is 0 Å². The van der Waals surface area contributed by atoms with Crippen molar-refractivity contribution in [2.24, 2.45) is 0 Å². The highest BCUT2D eigenvalue weighted by atomic mass is 35.5. The lowest BCUT2D eigenvalue weighted by Crippen LogP contribution is -3.00. The van der Waals surface area contributed by atoms with E-state index >= 15 is 0 Å². The van der Waals surface area contributed by atoms with Crippen LogP contribution in [-0.4, -0.2) is 65.0 Å². The zero-order valence-electron chi connectivity index (χ0n) is 30.4. The maximum Gasteiger partial charge on any atom is 0.244 e. The molecule has 2 saturated heterocycles. The van der Waals surface area contributed by atoms with Crippen molar-refractivity contribution in [1.29, 1.82) is 0 Å². The second-order valence-electron chi connectivity index (χ2n) is 11.8. The summed E-state index contributed by atoms with van der Waals surface area (Å²) in [5, 5.41) is 0. The first kappa shape index (κ1) is 50.9. The van der Waals surface area contributed by atoms with E-state index in [1.54, 1.807) is 12.5 Å². The molecule has 2 fully saturated rings. The molecular weight excluding hydrogens is 817 g/mol. The second-order valence-corrected chi connectivity index (χ2v) is 12.6. The Hall–Kier alpha value is -3.07. The van der Waals surface area contributed by atoms with E-state index in [4.69, 9.17) is 32.7 Å². The van der Waals surface area contributed by atoms with Crippen LogP contribution >= 0.6 is 23.2 Å². The van der Waals surface area contributed by atoms with E-state index in [1.807, 2.05) is 29.0 Å². The van der Waals surface area contributed by atoms with Crippen LogP contribution in [0, 0.1) is 0 Å². The van der Waals surface area contributed by atoms with E-state index in [0.29, 0.717) is 24.0 Å². The molecule has 0 spiro atoms. The number of aryl methyl sites for hydroxylation is 4. The molecule has 0 aromatic carbocycles. The molecule has 2 aliphatic rings. The Kier molecular flexibility index (Phi) is 27.6. The number of imidazole rings is 5. The molecule has 2 unspecified atom stereocenters. The number of epoxide rings is 2. The van der Waals surface area contributed by atoms with Crippen LogP contribution in [0.4, 0.5) is 0 Å². The number of ether oxygens (including phenoxy) is 2. The number of hydrogen-bond donors (Lipinski definition) is 0. The van der Waals surface area contributed by atoms with Gasteiger partial charge in [0.15, 0.2) is 0 Å². The molecule has 300 valence electrons. The van der Waals surface area contributed by atoms with Gasteiger partial charge in [0.2, 0.25) is 25.3 Å². The lowest BCUT2D eigenvalue weighted by atomic mass is 10.5. The lowest BCUT2D eigenvalue weighted by molar-refractivity contribution is -0.777. The third kappa shape index (κ3) is 20.6. The summed E-state index contributed by atoms with van der Waals surface area (Å²) in [4.78, 5) is 3.86. The molecule has 2 aliphatic heterocycles. The van der Waals surface area contributed by atoms with Gasteiger partial charge in [-0.1, -0.05) is 31.4 Å². The quantitative estimate of drug-likeness (QED) is 0.0404. The first-order valence-electron chi connectivity index (χ1n) is 16.8. The highest BCUT2D eigenvalue weighted by Gasteiger charge is 2.26. The van der Waals surface area contributed by atoms with Crippen LogP contribution < -0.4 is 67.9 Å². The van der Waals surface area contributed by atoms with Crippen LogP contribution in [0.25, 0.3) is 0 Å². The highest BCUT2D eigenvalue weighted by molar-refractivity contribution is 6.25. The van der Waals surface area contributed by atoms with E-state index in [-0.39, 0.29) is 49.6 Å². The maximum atomic E-state index is 5.24. The molecule has 54 heavy (non-hydrogen) atoms. The lowest BCUT2D eigenvalue weighted by Gasteiger charge is -1.94. The van der Waals surface area contributed by atoms with Crippen LogP contribution in [0.15, 0.2) is 132 Å². The first-order valence-corrected chi connectivity index (χ1v) is 17.9. The molecule has 5 aromatic rings. The van der Waals surface area contributed by atoms with Crippen LogP contribution in [-0.2, 0) is 68.4 Å². The topological polar surface area (TPSA) is 78.1 Å². The number of aromatic nitrogens is 10. The molecule has 12 nitrogen and oxygen atoms in total. The fourth-order valence-electron chi connectivity index (χ4n) is 4.84. The molecule has 0 N–H and O–H groups in total. The maximum absolute atomic E-state index is 5.24. The summed E-state index contributed by atoms with van der Waals surface area (Å²) in [6.07, 6.45) is 37.2. The normalized spacial score (nSPS) is 14.3. The number of rotatable bonds is 17. The van der Waals surface area contributed by atoms with Gasteiger partial charge in [-0.3, -0.25) is 0 Å². The van der Waals surface area contributed by atoms with Crippen molar-refractivity contribution < 1.29 is 77.4 Å². The van der Waals surface area contributed by atoms with Crippen LogP contribution in [0.2, 0.25) is 0 Å². The minimum absolute atomic E-state index is 0. The largest absolute Gasteiger partial charge is 1.00 e. The molecular formula is C36H52Cl6N10O2. The molecule has 18 heteroatoms. The molecule has 7 heterocycles. The predicted octanol–water partition coefficient (Wildman–Crippen LogP) is -9.15. The van der Waals surface area contributed by atoms with Gasteiger partial charge in [-0.05, 0) is 0 Å². The minimum Gasteiger partial charge on any atom is -1.00 e. The Morgan fingerprint density at radius 2 is 0.944 bits per heavy atom. The van der Waals surface area contributed by atoms with Crippen LogP contribution in [0.1, 0.15) is 0 Å². The highest BCUT2D eigenvalue weighted by Crippen LogP contribution is 2.08. The van der Waals surface area contributed by atoms with E-state index in [9.17, 15) is 0 Å². The van der Waals surface area contributed by atoms with Crippen LogP contribution in [0.3, 0.4) is 0 Å². The Morgan fingerprint density at radius 3 is 1.30 bits per heavy atom. The van der Waals surface area contributed by atoms with Gasteiger partial charge >= 0.3 is 0 Å². The Bertz CT molecular complexity index is 1580. The van der Waals surface area contributed by atoms with Gasteiger partial charge in [0.1, 0.15) is 114 Å². The molecule has 5 aromatic heterocycles. The van der Waals surface area contributed by atoms with Gasteiger partial charge in [-0.2, -0.15) is 0 Å². The molecule has 2 atom stereocenters. The average molecular weight is 870 g/mol. The van der Waals surface area contributed by atoms with Crippen molar-refractivity contribution in [3.8, 4) is 0 Å². The molecule has 0 radical (unpaired) electrons. The van der Waals surface area contributed by atoms with Gasteiger partial charge in [0.05, 0.1) is 19.5 Å². The van der Waals surface area contributed by atoms with Crippen molar-refractivity contribution in [3.05, 3.63) is 132 Å². The van der Waals surface area contributed by atoms with Gasteiger partial charge < -0.3 is 63.7 Å². The minimum atomic E-state index is 0. The molecule has 0 aliphatic carbocycles. The van der Waals surface area contributed by atoms with E-state index < -0.39 is 0 Å². The third-order valence-electron chi connectivity index (χ3n) is 7.50. The Labute approximate surface area is 354 Å². The molecule has 0 bridgehead atoms. The van der Waals surface area contributed by atoms with Gasteiger partial charge in [0.25, 0.3) is 0 Å². The molecule has 0 saturated carbocycles. The third-order valence-corrected chi connectivity index (χ3v) is 8.07. The fourth-order valence-corrected chi connectivity index (χ4v) is 4.84. The standard InChI is InChI=1S/C14H20N4O2.C14H20N4.C6H8N2.C2H4Cl2.4ClH/c1(15-3-5-17(11-15)7-13-9-19-13)2-16-4-6-18(12-16)8-14-10-20-14;1-3-5-15-7-9-17(13-15)11-12-18-10-8-16(14-18)6-4-2;1-2-4-8-5-3-7-6-8;3-1-2-4;;;;/h3-6,11-14H,1-2,7-10H2;3-4,7-10,13-14H,1-2,5-6,11-12H2;2-3,5-6H,1,4H2;1-2H2;4*1H/q2*+2;;;;;;/p-4. The van der Waals surface area contributed by atoms with E-state index in [0.717, 1.165) is 72.1 Å². The second kappa shape index (κ2) is 29.2. The number of nitrogens with zero attached hydrogens (tertiary/aromatic N) is 10. The van der Waals surface area contributed by atoms with Crippen molar-refractivity contribution in [3.63, 3.8) is 0 Å². The summed E-state index contributed by atoms with van der Waals surface area (Å²) in [6, 6.07) is 0. The zero-order valence-corrected chi connectivity index (χ0v) is 35.0. The summed E-state index contributed by atoms with van der Waals surface area (Å²) in [5.74, 6) is 1.11. The van der Waals surface area contributed by atoms with Gasteiger partial charge in [-0.15, -0.1) is 29.8 Å².